The minimum atomic E-state index is -0.961. The van der Waals surface area contributed by atoms with Crippen molar-refractivity contribution in [2.45, 2.75) is 0 Å². The van der Waals surface area contributed by atoms with Crippen LogP contribution in [0.4, 0.5) is 10.1 Å². The number of anilines is 1. The number of halogens is 1. The quantitative estimate of drug-likeness (QED) is 0.888. The molecule has 2 rings (SSSR count). The molecule has 2 aromatic carbocycles. The van der Waals surface area contributed by atoms with Crippen molar-refractivity contribution in [2.75, 3.05) is 25.1 Å². The molecule has 0 unspecified atom stereocenters. The zero-order valence-electron chi connectivity index (χ0n) is 11.6. The molecule has 0 atom stereocenters. The number of hydrogen-bond donors (Lipinski definition) is 1. The first-order chi connectivity index (χ1) is 10.1. The largest absolute Gasteiger partial charge is 0.492 e. The Hall–Kier alpha value is -2.56. The first-order valence-corrected chi connectivity index (χ1v) is 6.49. The van der Waals surface area contributed by atoms with E-state index in [1.165, 1.54) is 24.3 Å². The highest BCUT2D eigenvalue weighted by Gasteiger charge is 2.04. The monoisotopic (exact) mass is 289 g/mol. The molecule has 4 nitrogen and oxygen atoms in total. The van der Waals surface area contributed by atoms with Crippen molar-refractivity contribution in [3.05, 3.63) is 59.9 Å². The number of carboxylic acid groups (broad SMARTS) is 1. The predicted octanol–water partition coefficient (Wildman–Crippen LogP) is 3.04. The molecule has 0 aliphatic heterocycles. The highest BCUT2D eigenvalue weighted by Crippen LogP contribution is 2.14. The van der Waals surface area contributed by atoms with E-state index in [1.54, 1.807) is 24.3 Å². The van der Waals surface area contributed by atoms with E-state index in [2.05, 4.69) is 0 Å². The summed E-state index contributed by atoms with van der Waals surface area (Å²) in [6.45, 7) is 1.08. The molecule has 0 spiro atoms. The molecule has 0 radical (unpaired) electrons. The lowest BCUT2D eigenvalue weighted by Crippen LogP contribution is -2.23. The van der Waals surface area contributed by atoms with Gasteiger partial charge in [-0.25, -0.2) is 9.18 Å². The van der Waals surface area contributed by atoms with E-state index >= 15 is 0 Å². The van der Waals surface area contributed by atoms with Gasteiger partial charge in [0.2, 0.25) is 0 Å². The number of benzene rings is 2. The first kappa shape index (κ1) is 14.8. The smallest absolute Gasteiger partial charge is 0.335 e. The van der Waals surface area contributed by atoms with Gasteiger partial charge in [-0.15, -0.1) is 0 Å². The number of ether oxygens (including phenoxy) is 1. The van der Waals surface area contributed by atoms with Crippen LogP contribution in [-0.4, -0.2) is 31.3 Å². The van der Waals surface area contributed by atoms with Gasteiger partial charge in [0.15, 0.2) is 0 Å². The lowest BCUT2D eigenvalue weighted by molar-refractivity contribution is 0.0697. The fourth-order valence-corrected chi connectivity index (χ4v) is 1.82. The van der Waals surface area contributed by atoms with E-state index in [1.807, 2.05) is 11.9 Å². The Kier molecular flexibility index (Phi) is 4.77. The van der Waals surface area contributed by atoms with Crippen LogP contribution in [0, 0.1) is 5.82 Å². The van der Waals surface area contributed by atoms with Crippen LogP contribution >= 0.6 is 0 Å². The maximum absolute atomic E-state index is 12.8. The van der Waals surface area contributed by atoms with Gasteiger partial charge in [0.1, 0.15) is 18.2 Å². The molecule has 0 bridgehead atoms. The van der Waals surface area contributed by atoms with Gasteiger partial charge < -0.3 is 14.7 Å². The highest BCUT2D eigenvalue weighted by molar-refractivity contribution is 5.87. The zero-order valence-corrected chi connectivity index (χ0v) is 11.6. The molecule has 21 heavy (non-hydrogen) atoms. The first-order valence-electron chi connectivity index (χ1n) is 6.49. The van der Waals surface area contributed by atoms with Crippen molar-refractivity contribution < 1.29 is 19.0 Å². The van der Waals surface area contributed by atoms with Gasteiger partial charge in [-0.05, 0) is 48.5 Å². The fourth-order valence-electron chi connectivity index (χ4n) is 1.82. The molecule has 0 amide bonds. The molecule has 0 saturated carbocycles. The van der Waals surface area contributed by atoms with Crippen LogP contribution in [-0.2, 0) is 0 Å². The second-order valence-corrected chi connectivity index (χ2v) is 4.58. The van der Waals surface area contributed by atoms with Gasteiger partial charge >= 0.3 is 5.97 Å². The van der Waals surface area contributed by atoms with Crippen molar-refractivity contribution in [2.24, 2.45) is 0 Å². The Morgan fingerprint density at radius 3 is 2.33 bits per heavy atom. The maximum atomic E-state index is 12.8. The van der Waals surface area contributed by atoms with Crippen LogP contribution in [0.5, 0.6) is 5.75 Å². The summed E-state index contributed by atoms with van der Waals surface area (Å²) in [5.74, 6) is -0.605. The number of aromatic carboxylic acids is 1. The summed E-state index contributed by atoms with van der Waals surface area (Å²) < 4.78 is 18.4. The number of carboxylic acids is 1. The van der Waals surface area contributed by atoms with Crippen molar-refractivity contribution >= 4 is 11.7 Å². The van der Waals surface area contributed by atoms with Crippen molar-refractivity contribution in [3.63, 3.8) is 0 Å². The van der Waals surface area contributed by atoms with Crippen LogP contribution in [0.1, 0.15) is 10.4 Å². The average Bonchev–Trinajstić information content (AvgIpc) is 2.48. The van der Waals surface area contributed by atoms with Crippen molar-refractivity contribution in [3.8, 4) is 5.75 Å². The van der Waals surface area contributed by atoms with Crippen LogP contribution in [0.15, 0.2) is 48.5 Å². The molecule has 5 heteroatoms. The predicted molar refractivity (Wildman–Crippen MR) is 78.6 cm³/mol. The minimum absolute atomic E-state index is 0.228. The van der Waals surface area contributed by atoms with E-state index in [0.29, 0.717) is 18.9 Å². The molecule has 110 valence electrons. The van der Waals surface area contributed by atoms with Gasteiger partial charge in [-0.3, -0.25) is 0 Å². The summed E-state index contributed by atoms with van der Waals surface area (Å²) >= 11 is 0. The molecule has 1 N–H and O–H groups in total. The molecule has 0 heterocycles. The van der Waals surface area contributed by atoms with Crippen LogP contribution < -0.4 is 9.64 Å². The van der Waals surface area contributed by atoms with E-state index in [0.717, 1.165) is 5.69 Å². The van der Waals surface area contributed by atoms with E-state index < -0.39 is 5.97 Å². The maximum Gasteiger partial charge on any atom is 0.335 e. The minimum Gasteiger partial charge on any atom is -0.492 e. The highest BCUT2D eigenvalue weighted by atomic mass is 19.1. The lowest BCUT2D eigenvalue weighted by Gasteiger charge is -2.19. The Morgan fingerprint density at radius 1 is 1.14 bits per heavy atom. The fraction of sp³-hybridized carbons (Fsp3) is 0.188. The Bertz CT molecular complexity index is 596. The molecule has 0 aliphatic rings. The third-order valence-corrected chi connectivity index (χ3v) is 3.06. The number of rotatable bonds is 6. The second-order valence-electron chi connectivity index (χ2n) is 4.58. The number of likely N-dealkylation sites (N-methyl/N-ethyl adjacent to an activating group) is 1. The Labute approximate surface area is 122 Å². The summed E-state index contributed by atoms with van der Waals surface area (Å²) in [5, 5.41) is 8.80. The number of hydrogen-bond acceptors (Lipinski definition) is 3. The van der Waals surface area contributed by atoms with Gasteiger partial charge in [-0.2, -0.15) is 0 Å². The topological polar surface area (TPSA) is 49.8 Å². The van der Waals surface area contributed by atoms with Crippen LogP contribution in [0.25, 0.3) is 0 Å². The van der Waals surface area contributed by atoms with Crippen molar-refractivity contribution in [1.29, 1.82) is 0 Å². The van der Waals surface area contributed by atoms with Gasteiger partial charge in [0.25, 0.3) is 0 Å². The summed E-state index contributed by atoms with van der Waals surface area (Å²) in [6, 6.07) is 12.5. The lowest BCUT2D eigenvalue weighted by atomic mass is 10.2. The SMILES string of the molecule is CN(CCOc1ccc(C(=O)O)cc1)c1ccc(F)cc1. The summed E-state index contributed by atoms with van der Waals surface area (Å²) in [7, 11) is 1.89. The average molecular weight is 289 g/mol. The third-order valence-electron chi connectivity index (χ3n) is 3.06. The molecule has 2 aromatic rings. The van der Waals surface area contributed by atoms with E-state index in [4.69, 9.17) is 9.84 Å². The zero-order chi connectivity index (χ0) is 15.2. The number of carbonyl (C=O) groups is 1. The van der Waals surface area contributed by atoms with Gasteiger partial charge in [0, 0.05) is 12.7 Å². The molecular formula is C16H16FNO3. The molecule has 0 aromatic heterocycles. The molecule has 0 aliphatic carbocycles. The Morgan fingerprint density at radius 2 is 1.76 bits per heavy atom. The van der Waals surface area contributed by atoms with E-state index in [9.17, 15) is 9.18 Å². The molecule has 0 fully saturated rings. The normalized spacial score (nSPS) is 10.2. The van der Waals surface area contributed by atoms with Crippen LogP contribution in [0.2, 0.25) is 0 Å². The summed E-state index contributed by atoms with van der Waals surface area (Å²) in [6.07, 6.45) is 0. The van der Waals surface area contributed by atoms with Gasteiger partial charge in [-0.1, -0.05) is 0 Å². The molecule has 0 saturated heterocycles. The van der Waals surface area contributed by atoms with Crippen LogP contribution in [0.3, 0.4) is 0 Å². The van der Waals surface area contributed by atoms with Gasteiger partial charge in [0.05, 0.1) is 12.1 Å². The summed E-state index contributed by atoms with van der Waals surface area (Å²) in [4.78, 5) is 12.7. The van der Waals surface area contributed by atoms with Crippen molar-refractivity contribution in [1.82, 2.24) is 0 Å². The molecular weight excluding hydrogens is 273 g/mol. The number of nitrogens with zero attached hydrogens (tertiary/aromatic N) is 1. The third kappa shape index (κ3) is 4.21. The Balaban J connectivity index is 1.83. The standard InChI is InChI=1S/C16H16FNO3/c1-18(14-6-4-13(17)5-7-14)10-11-21-15-8-2-12(3-9-15)16(19)20/h2-9H,10-11H2,1H3,(H,19,20). The van der Waals surface area contributed by atoms with E-state index in [-0.39, 0.29) is 11.4 Å². The second kappa shape index (κ2) is 6.74. The summed E-state index contributed by atoms with van der Waals surface area (Å²) in [5.41, 5.74) is 1.13.